The number of benzene rings is 3. The Bertz CT molecular complexity index is 1000. The Morgan fingerprint density at radius 1 is 0.906 bits per heavy atom. The third-order valence-corrected chi connectivity index (χ3v) is 6.68. The van der Waals surface area contributed by atoms with Gasteiger partial charge in [-0.25, -0.2) is 0 Å². The minimum absolute atomic E-state index is 0.00439. The van der Waals surface area contributed by atoms with Crippen molar-refractivity contribution in [2.24, 2.45) is 5.92 Å². The van der Waals surface area contributed by atoms with Gasteiger partial charge in [0, 0.05) is 24.3 Å². The Morgan fingerprint density at radius 3 is 2.28 bits per heavy atom. The van der Waals surface area contributed by atoms with Crippen LogP contribution < -0.4 is 10.2 Å². The SMILES string of the molecule is CC1CCN(c2ccc(C(C)NC(=O)c3ccccc3CCc3ccccc3)cc2)CC1. The lowest BCUT2D eigenvalue weighted by Crippen LogP contribution is -2.32. The van der Waals surface area contributed by atoms with Crippen LogP contribution in [0.3, 0.4) is 0 Å². The van der Waals surface area contributed by atoms with Gasteiger partial charge in [-0.3, -0.25) is 4.79 Å². The Labute approximate surface area is 192 Å². The maximum atomic E-state index is 13.1. The van der Waals surface area contributed by atoms with E-state index in [2.05, 4.69) is 78.7 Å². The van der Waals surface area contributed by atoms with Crippen LogP contribution >= 0.6 is 0 Å². The molecule has 166 valence electrons. The lowest BCUT2D eigenvalue weighted by molar-refractivity contribution is 0.0939. The van der Waals surface area contributed by atoms with Crippen LogP contribution in [0.5, 0.6) is 0 Å². The molecule has 0 saturated carbocycles. The molecule has 1 unspecified atom stereocenters. The van der Waals surface area contributed by atoms with Gasteiger partial charge in [0.2, 0.25) is 0 Å². The Balaban J connectivity index is 1.38. The predicted octanol–water partition coefficient (Wildman–Crippen LogP) is 6.20. The summed E-state index contributed by atoms with van der Waals surface area (Å²) in [6.07, 6.45) is 4.30. The number of anilines is 1. The second kappa shape index (κ2) is 10.5. The lowest BCUT2D eigenvalue weighted by Gasteiger charge is -2.32. The second-order valence-corrected chi connectivity index (χ2v) is 9.10. The highest BCUT2D eigenvalue weighted by molar-refractivity contribution is 5.96. The zero-order valence-electron chi connectivity index (χ0n) is 19.3. The zero-order valence-corrected chi connectivity index (χ0v) is 19.3. The van der Waals surface area contributed by atoms with E-state index < -0.39 is 0 Å². The van der Waals surface area contributed by atoms with Gasteiger partial charge in [-0.1, -0.05) is 67.6 Å². The molecule has 1 aliphatic heterocycles. The molecular formula is C29H34N2O. The molecule has 1 aliphatic rings. The quantitative estimate of drug-likeness (QED) is 0.488. The summed E-state index contributed by atoms with van der Waals surface area (Å²) in [4.78, 5) is 15.6. The van der Waals surface area contributed by atoms with Crippen LogP contribution in [-0.2, 0) is 12.8 Å². The largest absolute Gasteiger partial charge is 0.372 e. The summed E-state index contributed by atoms with van der Waals surface area (Å²) in [6, 6.07) is 27.0. The molecule has 4 rings (SSSR count). The van der Waals surface area contributed by atoms with E-state index in [9.17, 15) is 4.79 Å². The standard InChI is InChI=1S/C29H34N2O/c1-22-18-20-31(21-19-22)27-16-14-25(15-17-27)23(2)30-29(32)28-11-7-6-10-26(28)13-12-24-8-4-3-5-9-24/h3-11,14-17,22-23H,12-13,18-21H2,1-2H3,(H,30,32). The molecule has 0 aliphatic carbocycles. The Hall–Kier alpha value is -3.07. The highest BCUT2D eigenvalue weighted by Gasteiger charge is 2.17. The van der Waals surface area contributed by atoms with Crippen LogP contribution in [0.15, 0.2) is 78.9 Å². The van der Waals surface area contributed by atoms with E-state index in [-0.39, 0.29) is 11.9 Å². The monoisotopic (exact) mass is 426 g/mol. The van der Waals surface area contributed by atoms with Gasteiger partial charge in [-0.05, 0) is 73.4 Å². The fraction of sp³-hybridized carbons (Fsp3) is 0.345. The molecule has 3 heteroatoms. The van der Waals surface area contributed by atoms with Gasteiger partial charge in [0.1, 0.15) is 0 Å². The van der Waals surface area contributed by atoms with Gasteiger partial charge in [-0.2, -0.15) is 0 Å². The Kier molecular flexibility index (Phi) is 7.26. The fourth-order valence-electron chi connectivity index (χ4n) is 4.48. The molecule has 0 bridgehead atoms. The van der Waals surface area contributed by atoms with Crippen molar-refractivity contribution in [3.05, 3.63) is 101 Å². The summed E-state index contributed by atoms with van der Waals surface area (Å²) in [5, 5.41) is 3.20. The van der Waals surface area contributed by atoms with Gasteiger partial charge in [0.05, 0.1) is 6.04 Å². The Morgan fingerprint density at radius 2 is 1.56 bits per heavy atom. The number of hydrogen-bond acceptors (Lipinski definition) is 2. The van der Waals surface area contributed by atoms with E-state index in [4.69, 9.17) is 0 Å². The van der Waals surface area contributed by atoms with E-state index in [0.29, 0.717) is 0 Å². The number of nitrogens with zero attached hydrogens (tertiary/aromatic N) is 1. The first-order valence-corrected chi connectivity index (χ1v) is 11.9. The molecule has 3 aromatic carbocycles. The molecule has 32 heavy (non-hydrogen) atoms. The second-order valence-electron chi connectivity index (χ2n) is 9.10. The molecule has 1 saturated heterocycles. The van der Waals surface area contributed by atoms with Crippen molar-refractivity contribution in [1.29, 1.82) is 0 Å². The molecule has 3 aromatic rings. The van der Waals surface area contributed by atoms with E-state index in [1.165, 1.54) is 24.1 Å². The predicted molar refractivity (Wildman–Crippen MR) is 133 cm³/mol. The zero-order chi connectivity index (χ0) is 22.3. The van der Waals surface area contributed by atoms with Gasteiger partial charge >= 0.3 is 0 Å². The molecule has 1 N–H and O–H groups in total. The number of amides is 1. The first-order chi connectivity index (χ1) is 15.6. The summed E-state index contributed by atoms with van der Waals surface area (Å²) >= 11 is 0. The van der Waals surface area contributed by atoms with Crippen molar-refractivity contribution < 1.29 is 4.79 Å². The van der Waals surface area contributed by atoms with Crippen molar-refractivity contribution in [3.8, 4) is 0 Å². The smallest absolute Gasteiger partial charge is 0.252 e. The molecule has 0 spiro atoms. The topological polar surface area (TPSA) is 32.3 Å². The third kappa shape index (κ3) is 5.59. The summed E-state index contributed by atoms with van der Waals surface area (Å²) in [5.74, 6) is 0.826. The van der Waals surface area contributed by atoms with Gasteiger partial charge < -0.3 is 10.2 Å². The van der Waals surface area contributed by atoms with E-state index in [1.807, 2.05) is 24.3 Å². The van der Waals surface area contributed by atoms with Crippen LogP contribution in [0.2, 0.25) is 0 Å². The average molecular weight is 427 g/mol. The number of hydrogen-bond donors (Lipinski definition) is 1. The molecule has 0 radical (unpaired) electrons. The molecule has 1 amide bonds. The highest BCUT2D eigenvalue weighted by Crippen LogP contribution is 2.25. The number of rotatable bonds is 7. The van der Waals surface area contributed by atoms with Gasteiger partial charge in [-0.15, -0.1) is 0 Å². The first kappa shape index (κ1) is 22.1. The van der Waals surface area contributed by atoms with E-state index in [1.54, 1.807) is 0 Å². The molecule has 0 aromatic heterocycles. The summed E-state index contributed by atoms with van der Waals surface area (Å²) < 4.78 is 0. The number of piperidine rings is 1. The number of aryl methyl sites for hydroxylation is 2. The minimum Gasteiger partial charge on any atom is -0.372 e. The van der Waals surface area contributed by atoms with Crippen LogP contribution in [0.1, 0.15) is 59.8 Å². The average Bonchev–Trinajstić information content (AvgIpc) is 2.84. The number of nitrogens with one attached hydrogen (secondary N) is 1. The summed E-state index contributed by atoms with van der Waals surface area (Å²) in [7, 11) is 0. The lowest BCUT2D eigenvalue weighted by atomic mass is 9.98. The molecule has 1 heterocycles. The van der Waals surface area contributed by atoms with Crippen molar-refractivity contribution in [3.63, 3.8) is 0 Å². The molecule has 1 fully saturated rings. The van der Waals surface area contributed by atoms with Crippen molar-refractivity contribution in [2.75, 3.05) is 18.0 Å². The molecule has 1 atom stereocenters. The van der Waals surface area contributed by atoms with Crippen LogP contribution in [-0.4, -0.2) is 19.0 Å². The summed E-state index contributed by atoms with van der Waals surface area (Å²) in [6.45, 7) is 6.66. The van der Waals surface area contributed by atoms with Gasteiger partial charge in [0.25, 0.3) is 5.91 Å². The number of carbonyl (C=O) groups is 1. The highest BCUT2D eigenvalue weighted by atomic mass is 16.1. The van der Waals surface area contributed by atoms with Crippen LogP contribution in [0.4, 0.5) is 5.69 Å². The van der Waals surface area contributed by atoms with Crippen molar-refractivity contribution in [1.82, 2.24) is 5.32 Å². The van der Waals surface area contributed by atoms with E-state index in [0.717, 1.165) is 48.5 Å². The first-order valence-electron chi connectivity index (χ1n) is 11.9. The number of carbonyl (C=O) groups excluding carboxylic acids is 1. The maximum absolute atomic E-state index is 13.1. The van der Waals surface area contributed by atoms with Gasteiger partial charge in [0.15, 0.2) is 0 Å². The fourth-order valence-corrected chi connectivity index (χ4v) is 4.48. The van der Waals surface area contributed by atoms with Crippen LogP contribution in [0.25, 0.3) is 0 Å². The maximum Gasteiger partial charge on any atom is 0.252 e. The van der Waals surface area contributed by atoms with Crippen LogP contribution in [0, 0.1) is 5.92 Å². The van der Waals surface area contributed by atoms with Crippen molar-refractivity contribution >= 4 is 11.6 Å². The normalized spacial score (nSPS) is 15.4. The van der Waals surface area contributed by atoms with Crippen molar-refractivity contribution in [2.45, 2.75) is 45.6 Å². The third-order valence-electron chi connectivity index (χ3n) is 6.68. The van der Waals surface area contributed by atoms with E-state index >= 15 is 0 Å². The summed E-state index contributed by atoms with van der Waals surface area (Å²) in [5.41, 5.74) is 5.57. The molecular weight excluding hydrogens is 392 g/mol. The molecule has 3 nitrogen and oxygen atoms in total. The minimum atomic E-state index is -0.0416.